The largest absolute Gasteiger partial charge is 0.332 e. The Bertz CT molecular complexity index is 442. The number of carbonyl (C=O) groups excluding carboxylic acids is 1. The van der Waals surface area contributed by atoms with Crippen LogP contribution in [0.25, 0.3) is 0 Å². The number of aromatic nitrogens is 2. The number of aryl methyl sites for hydroxylation is 1. The van der Waals surface area contributed by atoms with E-state index in [1.54, 1.807) is 4.90 Å². The standard InChI is InChI=1S/C12H13N3O/c1-10-6-7-11(14-13-10)4-2-8-15-9-3-5-12(15)16/h6-7H,3,5,8-9H2,1H3. The van der Waals surface area contributed by atoms with E-state index >= 15 is 0 Å². The van der Waals surface area contributed by atoms with Crippen molar-refractivity contribution in [2.24, 2.45) is 0 Å². The van der Waals surface area contributed by atoms with Gasteiger partial charge in [-0.3, -0.25) is 4.79 Å². The number of rotatable bonds is 1. The molecule has 82 valence electrons. The zero-order valence-electron chi connectivity index (χ0n) is 9.23. The van der Waals surface area contributed by atoms with E-state index in [2.05, 4.69) is 22.0 Å². The molecule has 0 aromatic carbocycles. The van der Waals surface area contributed by atoms with Gasteiger partial charge in [-0.2, -0.15) is 5.10 Å². The summed E-state index contributed by atoms with van der Waals surface area (Å²) in [6, 6.07) is 3.71. The number of hydrogen-bond acceptors (Lipinski definition) is 3. The summed E-state index contributed by atoms with van der Waals surface area (Å²) in [4.78, 5) is 13.1. The molecule has 1 amide bonds. The predicted octanol–water partition coefficient (Wildman–Crippen LogP) is 0.759. The maximum Gasteiger partial charge on any atom is 0.223 e. The van der Waals surface area contributed by atoms with Gasteiger partial charge in [0.15, 0.2) is 0 Å². The molecule has 0 unspecified atom stereocenters. The molecule has 16 heavy (non-hydrogen) atoms. The molecular weight excluding hydrogens is 202 g/mol. The first-order chi connectivity index (χ1) is 7.75. The molecule has 2 rings (SSSR count). The van der Waals surface area contributed by atoms with Crippen LogP contribution in [0, 0.1) is 18.8 Å². The Morgan fingerprint density at radius 1 is 1.44 bits per heavy atom. The van der Waals surface area contributed by atoms with Crippen LogP contribution in [0.3, 0.4) is 0 Å². The van der Waals surface area contributed by atoms with Crippen LogP contribution in [0.2, 0.25) is 0 Å². The molecule has 1 aromatic heterocycles. The summed E-state index contributed by atoms with van der Waals surface area (Å²) < 4.78 is 0. The minimum atomic E-state index is 0.198. The van der Waals surface area contributed by atoms with Crippen LogP contribution in [0.15, 0.2) is 12.1 Å². The first-order valence-electron chi connectivity index (χ1n) is 5.33. The van der Waals surface area contributed by atoms with Crippen molar-refractivity contribution in [1.29, 1.82) is 0 Å². The van der Waals surface area contributed by atoms with Crippen molar-refractivity contribution in [3.63, 3.8) is 0 Å². The molecule has 1 aromatic rings. The third-order valence-corrected chi connectivity index (χ3v) is 2.46. The highest BCUT2D eigenvalue weighted by molar-refractivity contribution is 5.78. The average Bonchev–Trinajstić information content (AvgIpc) is 2.68. The molecule has 4 nitrogen and oxygen atoms in total. The maximum atomic E-state index is 11.3. The molecular formula is C12H13N3O. The molecule has 0 bridgehead atoms. The van der Waals surface area contributed by atoms with Crippen LogP contribution in [-0.2, 0) is 4.79 Å². The summed E-state index contributed by atoms with van der Waals surface area (Å²) >= 11 is 0. The lowest BCUT2D eigenvalue weighted by Crippen LogP contribution is -2.24. The van der Waals surface area contributed by atoms with E-state index in [1.807, 2.05) is 19.1 Å². The van der Waals surface area contributed by atoms with Crippen molar-refractivity contribution in [3.8, 4) is 11.8 Å². The average molecular weight is 215 g/mol. The minimum absolute atomic E-state index is 0.198. The number of nitrogens with zero attached hydrogens (tertiary/aromatic N) is 3. The van der Waals surface area contributed by atoms with Crippen molar-refractivity contribution in [1.82, 2.24) is 15.1 Å². The second kappa shape index (κ2) is 4.75. The predicted molar refractivity (Wildman–Crippen MR) is 59.5 cm³/mol. The highest BCUT2D eigenvalue weighted by atomic mass is 16.2. The van der Waals surface area contributed by atoms with Gasteiger partial charge < -0.3 is 4.90 Å². The molecule has 0 aliphatic carbocycles. The molecule has 1 aliphatic heterocycles. The normalized spacial score (nSPS) is 14.8. The molecule has 1 fully saturated rings. The van der Waals surface area contributed by atoms with Crippen LogP contribution in [-0.4, -0.2) is 34.1 Å². The van der Waals surface area contributed by atoms with E-state index in [0.717, 1.165) is 18.7 Å². The Labute approximate surface area is 94.7 Å². The van der Waals surface area contributed by atoms with Crippen LogP contribution in [0.5, 0.6) is 0 Å². The molecule has 1 saturated heterocycles. The number of amides is 1. The minimum Gasteiger partial charge on any atom is -0.332 e. The van der Waals surface area contributed by atoms with Crippen LogP contribution < -0.4 is 0 Å². The van der Waals surface area contributed by atoms with E-state index in [9.17, 15) is 4.79 Å². The summed E-state index contributed by atoms with van der Waals surface area (Å²) in [7, 11) is 0. The lowest BCUT2D eigenvalue weighted by molar-refractivity contribution is -0.127. The third-order valence-electron chi connectivity index (χ3n) is 2.46. The molecule has 0 atom stereocenters. The second-order valence-corrected chi connectivity index (χ2v) is 3.78. The number of likely N-dealkylation sites (tertiary alicyclic amines) is 1. The van der Waals surface area contributed by atoms with Gasteiger partial charge in [0.2, 0.25) is 5.91 Å². The summed E-state index contributed by atoms with van der Waals surface area (Å²) in [6.07, 6.45) is 1.61. The van der Waals surface area contributed by atoms with Gasteiger partial charge in [-0.1, -0.05) is 5.92 Å². The van der Waals surface area contributed by atoms with Gasteiger partial charge in [0.25, 0.3) is 0 Å². The van der Waals surface area contributed by atoms with Crippen LogP contribution in [0.1, 0.15) is 24.2 Å². The Hall–Kier alpha value is -1.89. The lowest BCUT2D eigenvalue weighted by atomic mass is 10.3. The van der Waals surface area contributed by atoms with Gasteiger partial charge in [0.1, 0.15) is 5.69 Å². The van der Waals surface area contributed by atoms with Crippen LogP contribution >= 0.6 is 0 Å². The molecule has 0 spiro atoms. The molecule has 1 aliphatic rings. The summed E-state index contributed by atoms with van der Waals surface area (Å²) in [6.45, 7) is 3.20. The highest BCUT2D eigenvalue weighted by Crippen LogP contribution is 2.07. The molecule has 0 radical (unpaired) electrons. The maximum absolute atomic E-state index is 11.3. The summed E-state index contributed by atoms with van der Waals surface area (Å²) in [5.41, 5.74) is 1.53. The monoisotopic (exact) mass is 215 g/mol. The van der Waals surface area contributed by atoms with E-state index in [1.165, 1.54) is 0 Å². The van der Waals surface area contributed by atoms with E-state index in [4.69, 9.17) is 0 Å². The van der Waals surface area contributed by atoms with Gasteiger partial charge in [-0.05, 0) is 31.4 Å². The third kappa shape index (κ3) is 2.57. The van der Waals surface area contributed by atoms with Gasteiger partial charge in [0.05, 0.1) is 12.2 Å². The summed E-state index contributed by atoms with van der Waals surface area (Å²) in [5.74, 6) is 6.05. The second-order valence-electron chi connectivity index (χ2n) is 3.78. The van der Waals surface area contributed by atoms with Crippen LogP contribution in [0.4, 0.5) is 0 Å². The number of carbonyl (C=O) groups is 1. The highest BCUT2D eigenvalue weighted by Gasteiger charge is 2.18. The van der Waals surface area contributed by atoms with Gasteiger partial charge in [0, 0.05) is 13.0 Å². The van der Waals surface area contributed by atoms with Gasteiger partial charge in [-0.25, -0.2) is 0 Å². The quantitative estimate of drug-likeness (QED) is 0.650. The SMILES string of the molecule is Cc1ccc(C#CCN2CCCC2=O)nn1. The van der Waals surface area contributed by atoms with Gasteiger partial charge in [-0.15, -0.1) is 5.10 Å². The van der Waals surface area contributed by atoms with E-state index < -0.39 is 0 Å². The van der Waals surface area contributed by atoms with Crippen molar-refractivity contribution in [2.75, 3.05) is 13.1 Å². The molecule has 0 N–H and O–H groups in total. The molecule has 0 saturated carbocycles. The van der Waals surface area contributed by atoms with Crippen molar-refractivity contribution < 1.29 is 4.79 Å². The van der Waals surface area contributed by atoms with Crippen molar-refractivity contribution in [2.45, 2.75) is 19.8 Å². The zero-order valence-corrected chi connectivity index (χ0v) is 9.23. The Balaban J connectivity index is 1.95. The Morgan fingerprint density at radius 3 is 2.94 bits per heavy atom. The first-order valence-corrected chi connectivity index (χ1v) is 5.33. The first kappa shape index (κ1) is 10.6. The fraction of sp³-hybridized carbons (Fsp3) is 0.417. The number of hydrogen-bond donors (Lipinski definition) is 0. The molecule has 2 heterocycles. The Kier molecular flexibility index (Phi) is 3.16. The van der Waals surface area contributed by atoms with Gasteiger partial charge >= 0.3 is 0 Å². The zero-order chi connectivity index (χ0) is 11.4. The fourth-order valence-corrected chi connectivity index (χ4v) is 1.56. The van der Waals surface area contributed by atoms with Crippen molar-refractivity contribution >= 4 is 5.91 Å². The van der Waals surface area contributed by atoms with E-state index in [-0.39, 0.29) is 5.91 Å². The fourth-order valence-electron chi connectivity index (χ4n) is 1.56. The topological polar surface area (TPSA) is 46.1 Å². The smallest absolute Gasteiger partial charge is 0.223 e. The summed E-state index contributed by atoms with van der Waals surface area (Å²) in [5, 5.41) is 7.85. The van der Waals surface area contributed by atoms with E-state index in [0.29, 0.717) is 18.7 Å². The lowest BCUT2D eigenvalue weighted by Gasteiger charge is -2.09. The van der Waals surface area contributed by atoms with Crippen molar-refractivity contribution in [3.05, 3.63) is 23.5 Å². The Morgan fingerprint density at radius 2 is 2.31 bits per heavy atom. The molecule has 4 heteroatoms.